The maximum atomic E-state index is 12.4. The van der Waals surface area contributed by atoms with Crippen LogP contribution in [0.2, 0.25) is 5.02 Å². The number of anilines is 1. The molecule has 27 heavy (non-hydrogen) atoms. The Bertz CT molecular complexity index is 865. The van der Waals surface area contributed by atoms with Crippen molar-refractivity contribution in [3.63, 3.8) is 0 Å². The van der Waals surface area contributed by atoms with Crippen LogP contribution in [0.5, 0.6) is 5.75 Å². The molecule has 2 aromatic rings. The highest BCUT2D eigenvalue weighted by molar-refractivity contribution is 6.31. The molecule has 1 atom stereocenters. The van der Waals surface area contributed by atoms with Crippen molar-refractivity contribution >= 4 is 29.2 Å². The summed E-state index contributed by atoms with van der Waals surface area (Å²) in [5.74, 6) is -0.494. The van der Waals surface area contributed by atoms with Crippen LogP contribution >= 0.6 is 11.6 Å². The summed E-state index contributed by atoms with van der Waals surface area (Å²) >= 11 is 5.97. The number of fused-ring (bicyclic) bond motifs is 1. The van der Waals surface area contributed by atoms with Crippen molar-refractivity contribution in [1.29, 1.82) is 0 Å². The van der Waals surface area contributed by atoms with E-state index in [9.17, 15) is 9.59 Å². The molecule has 0 spiro atoms. The van der Waals surface area contributed by atoms with Gasteiger partial charge in [-0.2, -0.15) is 0 Å². The molecule has 142 valence electrons. The Morgan fingerprint density at radius 1 is 1.07 bits per heavy atom. The number of aryl methyl sites for hydroxylation is 2. The first kappa shape index (κ1) is 19.2. The van der Waals surface area contributed by atoms with Crippen LogP contribution in [0.15, 0.2) is 36.4 Å². The van der Waals surface area contributed by atoms with Crippen LogP contribution in [0.25, 0.3) is 0 Å². The van der Waals surface area contributed by atoms with Crippen molar-refractivity contribution in [3.05, 3.63) is 58.1 Å². The Kier molecular flexibility index (Phi) is 6.01. The molecule has 0 saturated carbocycles. The quantitative estimate of drug-likeness (QED) is 0.772. The molecule has 1 aliphatic rings. The number of rotatable bonds is 5. The molecule has 1 amide bonds. The molecule has 1 N–H and O–H groups in total. The lowest BCUT2D eigenvalue weighted by atomic mass is 9.90. The molecular weight excluding hydrogens is 366 g/mol. The second-order valence-corrected chi connectivity index (χ2v) is 7.01. The summed E-state index contributed by atoms with van der Waals surface area (Å²) in [4.78, 5) is 24.8. The lowest BCUT2D eigenvalue weighted by Crippen LogP contribution is -2.30. The predicted octanol–water partition coefficient (Wildman–Crippen LogP) is 4.41. The van der Waals surface area contributed by atoms with Gasteiger partial charge in [0.1, 0.15) is 5.75 Å². The Hall–Kier alpha value is -2.53. The van der Waals surface area contributed by atoms with Gasteiger partial charge in [0, 0.05) is 5.02 Å². The number of benzene rings is 2. The SMILES string of the molecule is COc1ccc(Cl)cc1NC(=O)[C@@H](C)OC(=O)c1ccc2c(c1)CCCC2. The topological polar surface area (TPSA) is 64.6 Å². The molecule has 0 unspecified atom stereocenters. The van der Waals surface area contributed by atoms with E-state index in [2.05, 4.69) is 5.32 Å². The molecule has 2 aromatic carbocycles. The van der Waals surface area contributed by atoms with Gasteiger partial charge in [0.05, 0.1) is 18.4 Å². The van der Waals surface area contributed by atoms with Crippen LogP contribution in [0.1, 0.15) is 41.3 Å². The first-order valence-electron chi connectivity index (χ1n) is 8.95. The van der Waals surface area contributed by atoms with E-state index in [1.807, 2.05) is 12.1 Å². The summed E-state index contributed by atoms with van der Waals surface area (Å²) in [6, 6.07) is 10.5. The van der Waals surface area contributed by atoms with Gasteiger partial charge in [-0.15, -0.1) is 0 Å². The normalized spacial score (nSPS) is 14.0. The van der Waals surface area contributed by atoms with Crippen molar-refractivity contribution in [2.75, 3.05) is 12.4 Å². The number of carbonyl (C=O) groups is 2. The van der Waals surface area contributed by atoms with Gasteiger partial charge in [0.2, 0.25) is 0 Å². The van der Waals surface area contributed by atoms with Gasteiger partial charge in [0.25, 0.3) is 5.91 Å². The summed E-state index contributed by atoms with van der Waals surface area (Å²) in [6.45, 7) is 1.53. The molecule has 6 heteroatoms. The van der Waals surface area contributed by atoms with Crippen LogP contribution in [0.4, 0.5) is 5.69 Å². The largest absolute Gasteiger partial charge is 0.495 e. The number of halogens is 1. The minimum Gasteiger partial charge on any atom is -0.495 e. The molecule has 3 rings (SSSR count). The summed E-state index contributed by atoms with van der Waals surface area (Å²) in [7, 11) is 1.50. The Balaban J connectivity index is 1.66. The van der Waals surface area contributed by atoms with Crippen LogP contribution in [-0.4, -0.2) is 25.1 Å². The number of esters is 1. The maximum absolute atomic E-state index is 12.4. The first-order chi connectivity index (χ1) is 13.0. The molecule has 0 radical (unpaired) electrons. The molecule has 0 heterocycles. The minimum atomic E-state index is -0.961. The zero-order chi connectivity index (χ0) is 19.4. The number of ether oxygens (including phenoxy) is 2. The highest BCUT2D eigenvalue weighted by atomic mass is 35.5. The number of nitrogens with one attached hydrogen (secondary N) is 1. The molecule has 0 aliphatic heterocycles. The third-order valence-electron chi connectivity index (χ3n) is 4.66. The fraction of sp³-hybridized carbons (Fsp3) is 0.333. The summed E-state index contributed by atoms with van der Waals surface area (Å²) < 4.78 is 10.5. The maximum Gasteiger partial charge on any atom is 0.338 e. The lowest BCUT2D eigenvalue weighted by Gasteiger charge is -2.18. The Morgan fingerprint density at radius 3 is 2.56 bits per heavy atom. The van der Waals surface area contributed by atoms with E-state index in [1.165, 1.54) is 31.6 Å². The van der Waals surface area contributed by atoms with Gasteiger partial charge in [-0.05, 0) is 74.1 Å². The smallest absolute Gasteiger partial charge is 0.338 e. The number of hydrogen-bond donors (Lipinski definition) is 1. The third-order valence-corrected chi connectivity index (χ3v) is 4.89. The van der Waals surface area contributed by atoms with Gasteiger partial charge < -0.3 is 14.8 Å². The third kappa shape index (κ3) is 4.61. The van der Waals surface area contributed by atoms with E-state index in [-0.39, 0.29) is 0 Å². The number of amides is 1. The first-order valence-corrected chi connectivity index (χ1v) is 9.33. The van der Waals surface area contributed by atoms with E-state index < -0.39 is 18.0 Å². The van der Waals surface area contributed by atoms with Crippen molar-refractivity contribution in [2.24, 2.45) is 0 Å². The summed E-state index contributed by atoms with van der Waals surface area (Å²) in [6.07, 6.45) is 3.37. The van der Waals surface area contributed by atoms with Crippen molar-refractivity contribution in [2.45, 2.75) is 38.7 Å². The zero-order valence-corrected chi connectivity index (χ0v) is 16.1. The van der Waals surface area contributed by atoms with Crippen molar-refractivity contribution in [3.8, 4) is 5.75 Å². The average Bonchev–Trinajstić information content (AvgIpc) is 2.67. The van der Waals surface area contributed by atoms with Gasteiger partial charge in [0.15, 0.2) is 6.10 Å². The summed E-state index contributed by atoms with van der Waals surface area (Å²) in [5.41, 5.74) is 3.37. The molecule has 5 nitrogen and oxygen atoms in total. The second-order valence-electron chi connectivity index (χ2n) is 6.57. The molecule has 1 aliphatic carbocycles. The van der Waals surface area contributed by atoms with Gasteiger partial charge >= 0.3 is 5.97 Å². The van der Waals surface area contributed by atoms with Crippen LogP contribution in [0.3, 0.4) is 0 Å². The second kappa shape index (κ2) is 8.44. The monoisotopic (exact) mass is 387 g/mol. The fourth-order valence-corrected chi connectivity index (χ4v) is 3.33. The van der Waals surface area contributed by atoms with Crippen LogP contribution < -0.4 is 10.1 Å². The number of methoxy groups -OCH3 is 1. The molecule has 0 aromatic heterocycles. The van der Waals surface area contributed by atoms with Gasteiger partial charge in [-0.25, -0.2) is 4.79 Å². The van der Waals surface area contributed by atoms with Crippen molar-refractivity contribution in [1.82, 2.24) is 0 Å². The average molecular weight is 388 g/mol. The predicted molar refractivity (Wildman–Crippen MR) is 105 cm³/mol. The van der Waals surface area contributed by atoms with E-state index in [0.29, 0.717) is 22.0 Å². The Morgan fingerprint density at radius 2 is 1.81 bits per heavy atom. The van der Waals surface area contributed by atoms with E-state index >= 15 is 0 Å². The van der Waals surface area contributed by atoms with E-state index in [4.69, 9.17) is 21.1 Å². The molecular formula is C21H22ClNO4. The lowest BCUT2D eigenvalue weighted by molar-refractivity contribution is -0.123. The van der Waals surface area contributed by atoms with Crippen LogP contribution in [-0.2, 0) is 22.4 Å². The summed E-state index contributed by atoms with van der Waals surface area (Å²) in [5, 5.41) is 3.15. The van der Waals surface area contributed by atoms with Gasteiger partial charge in [-0.1, -0.05) is 17.7 Å². The molecule has 0 fully saturated rings. The van der Waals surface area contributed by atoms with E-state index in [1.54, 1.807) is 24.3 Å². The Labute approximate surface area is 163 Å². The van der Waals surface area contributed by atoms with Crippen LogP contribution in [0, 0.1) is 0 Å². The number of hydrogen-bond acceptors (Lipinski definition) is 4. The van der Waals surface area contributed by atoms with E-state index in [0.717, 1.165) is 19.3 Å². The molecule has 0 bridgehead atoms. The zero-order valence-electron chi connectivity index (χ0n) is 15.4. The highest BCUT2D eigenvalue weighted by Gasteiger charge is 2.21. The number of carbonyl (C=O) groups excluding carboxylic acids is 2. The fourth-order valence-electron chi connectivity index (χ4n) is 3.15. The minimum absolute atomic E-state index is 0.423. The standard InChI is InChI=1S/C21H22ClNO4/c1-13(20(24)23-18-12-17(22)9-10-19(18)26-2)27-21(25)16-8-7-14-5-3-4-6-15(14)11-16/h7-13H,3-6H2,1-2H3,(H,23,24)/t13-/m1/s1. The van der Waals surface area contributed by atoms with Gasteiger partial charge in [-0.3, -0.25) is 4.79 Å². The van der Waals surface area contributed by atoms with Crippen molar-refractivity contribution < 1.29 is 19.1 Å². The molecule has 0 saturated heterocycles. The highest BCUT2D eigenvalue weighted by Crippen LogP contribution is 2.28.